The van der Waals surface area contributed by atoms with E-state index in [1.165, 1.54) is 6.07 Å². The van der Waals surface area contributed by atoms with E-state index in [9.17, 15) is 18.0 Å². The molecule has 0 saturated carbocycles. The minimum absolute atomic E-state index is 0.0210. The van der Waals surface area contributed by atoms with E-state index in [1.807, 2.05) is 6.07 Å². The van der Waals surface area contributed by atoms with Crippen LogP contribution < -0.4 is 10.1 Å². The third-order valence-corrected chi connectivity index (χ3v) is 5.60. The number of rotatable bonds is 10. The second kappa shape index (κ2) is 11.2. The Kier molecular flexibility index (Phi) is 8.33. The van der Waals surface area contributed by atoms with E-state index in [2.05, 4.69) is 29.2 Å². The average Bonchev–Trinajstić information content (AvgIpc) is 3.27. The lowest BCUT2D eigenvalue weighted by atomic mass is 10.1. The first-order chi connectivity index (χ1) is 16.3. The fraction of sp³-hybridized carbons (Fsp3) is 0.360. The molecule has 1 heterocycles. The highest BCUT2D eigenvalue weighted by molar-refractivity contribution is 5.95. The Morgan fingerprint density at radius 3 is 2.44 bits per heavy atom. The van der Waals surface area contributed by atoms with Gasteiger partial charge < -0.3 is 15.0 Å². The predicted molar refractivity (Wildman–Crippen MR) is 124 cm³/mol. The summed E-state index contributed by atoms with van der Waals surface area (Å²) in [6.45, 7) is 8.90. The lowest BCUT2D eigenvalue weighted by Crippen LogP contribution is -2.28. The Labute approximate surface area is 197 Å². The normalized spacial score (nSPS) is 11.6. The minimum Gasteiger partial charge on any atom is -0.492 e. The van der Waals surface area contributed by atoms with Gasteiger partial charge in [-0.2, -0.15) is 18.3 Å². The van der Waals surface area contributed by atoms with Crippen molar-refractivity contribution in [2.75, 3.05) is 26.2 Å². The molecule has 0 bridgehead atoms. The van der Waals surface area contributed by atoms with Crippen LogP contribution in [0.5, 0.6) is 5.75 Å². The van der Waals surface area contributed by atoms with Crippen LogP contribution in [-0.4, -0.2) is 46.8 Å². The smallest absolute Gasteiger partial charge is 0.434 e. The number of nitrogens with one attached hydrogen (secondary N) is 1. The number of ether oxygens (including phenoxy) is 1. The van der Waals surface area contributed by atoms with Gasteiger partial charge in [0.1, 0.15) is 12.4 Å². The number of alkyl halides is 3. The number of amides is 1. The molecule has 0 aliphatic carbocycles. The van der Waals surface area contributed by atoms with Gasteiger partial charge in [0.05, 0.1) is 17.4 Å². The molecule has 34 heavy (non-hydrogen) atoms. The number of hydrogen-bond donors (Lipinski definition) is 1. The quantitative estimate of drug-likeness (QED) is 0.456. The van der Waals surface area contributed by atoms with Crippen molar-refractivity contribution in [1.82, 2.24) is 20.0 Å². The van der Waals surface area contributed by atoms with Crippen LogP contribution in [-0.2, 0) is 12.7 Å². The fourth-order valence-electron chi connectivity index (χ4n) is 3.66. The van der Waals surface area contributed by atoms with Crippen LogP contribution in [0.2, 0.25) is 0 Å². The molecule has 1 N–H and O–H groups in total. The number of benzene rings is 2. The Bertz CT molecular complexity index is 1110. The topological polar surface area (TPSA) is 59.4 Å². The van der Waals surface area contributed by atoms with E-state index in [0.717, 1.165) is 30.5 Å². The zero-order valence-electron chi connectivity index (χ0n) is 19.5. The highest BCUT2D eigenvalue weighted by atomic mass is 19.4. The zero-order chi connectivity index (χ0) is 24.7. The molecule has 1 aromatic heterocycles. The Balaban J connectivity index is 1.77. The van der Waals surface area contributed by atoms with E-state index in [0.29, 0.717) is 23.5 Å². The van der Waals surface area contributed by atoms with E-state index >= 15 is 0 Å². The molecule has 0 atom stereocenters. The van der Waals surface area contributed by atoms with Crippen molar-refractivity contribution in [3.63, 3.8) is 0 Å². The highest BCUT2D eigenvalue weighted by Gasteiger charge is 2.40. The number of carbonyl (C=O) groups is 1. The van der Waals surface area contributed by atoms with Crippen molar-refractivity contribution < 1.29 is 22.7 Å². The molecular weight excluding hydrogens is 445 g/mol. The average molecular weight is 475 g/mol. The second-order valence-electron chi connectivity index (χ2n) is 7.77. The van der Waals surface area contributed by atoms with Gasteiger partial charge in [0, 0.05) is 18.7 Å². The summed E-state index contributed by atoms with van der Waals surface area (Å²) in [5, 5.41) is 6.47. The van der Waals surface area contributed by atoms with Crippen LogP contribution >= 0.6 is 0 Å². The maximum absolute atomic E-state index is 13.9. The molecule has 0 aliphatic rings. The molecule has 0 spiro atoms. The van der Waals surface area contributed by atoms with Gasteiger partial charge in [0.25, 0.3) is 5.91 Å². The maximum atomic E-state index is 13.9. The third kappa shape index (κ3) is 5.96. The molecular formula is C25H29F3N4O2. The summed E-state index contributed by atoms with van der Waals surface area (Å²) in [6.07, 6.45) is -3.81. The summed E-state index contributed by atoms with van der Waals surface area (Å²) < 4.78 is 48.5. The number of nitrogens with zero attached hydrogens (tertiary/aromatic N) is 3. The lowest BCUT2D eigenvalue weighted by Gasteiger charge is -2.19. The number of likely N-dealkylation sites (N-methyl/N-ethyl adjacent to an activating group) is 1. The molecule has 0 aliphatic heterocycles. The molecule has 0 saturated heterocycles. The van der Waals surface area contributed by atoms with Gasteiger partial charge in [-0.3, -0.25) is 4.79 Å². The van der Waals surface area contributed by atoms with Crippen LogP contribution in [0.25, 0.3) is 5.69 Å². The SMILES string of the molecule is CCN(CC)CCOc1ccccc1CNC(=O)c1cnn(-c2ccccc2C)c1C(F)(F)F. The van der Waals surface area contributed by atoms with Gasteiger partial charge in [0.2, 0.25) is 0 Å². The first-order valence-corrected chi connectivity index (χ1v) is 11.2. The molecule has 0 unspecified atom stereocenters. The summed E-state index contributed by atoms with van der Waals surface area (Å²) in [4.78, 5) is 15.0. The molecule has 0 radical (unpaired) electrons. The largest absolute Gasteiger partial charge is 0.492 e. The van der Waals surface area contributed by atoms with Crippen molar-refractivity contribution in [3.05, 3.63) is 77.1 Å². The molecule has 6 nitrogen and oxygen atoms in total. The van der Waals surface area contributed by atoms with Crippen LogP contribution in [0.4, 0.5) is 13.2 Å². The first-order valence-electron chi connectivity index (χ1n) is 11.2. The minimum atomic E-state index is -4.77. The van der Waals surface area contributed by atoms with E-state index in [4.69, 9.17) is 4.74 Å². The van der Waals surface area contributed by atoms with E-state index in [1.54, 1.807) is 43.3 Å². The van der Waals surface area contributed by atoms with Crippen molar-refractivity contribution >= 4 is 5.91 Å². The molecule has 0 fully saturated rings. The van der Waals surface area contributed by atoms with Crippen LogP contribution in [0, 0.1) is 6.92 Å². The molecule has 9 heteroatoms. The molecule has 3 rings (SSSR count). The van der Waals surface area contributed by atoms with Crippen molar-refractivity contribution in [2.45, 2.75) is 33.5 Å². The van der Waals surface area contributed by atoms with Crippen LogP contribution in [0.3, 0.4) is 0 Å². The highest BCUT2D eigenvalue weighted by Crippen LogP contribution is 2.34. The van der Waals surface area contributed by atoms with E-state index < -0.39 is 23.3 Å². The maximum Gasteiger partial charge on any atom is 0.434 e. The second-order valence-corrected chi connectivity index (χ2v) is 7.77. The van der Waals surface area contributed by atoms with Crippen molar-refractivity contribution in [3.8, 4) is 11.4 Å². The van der Waals surface area contributed by atoms with Crippen molar-refractivity contribution in [1.29, 1.82) is 0 Å². The molecule has 182 valence electrons. The number of hydrogen-bond acceptors (Lipinski definition) is 4. The van der Waals surface area contributed by atoms with Gasteiger partial charge >= 0.3 is 6.18 Å². The number of aromatic nitrogens is 2. The van der Waals surface area contributed by atoms with Gasteiger partial charge in [-0.1, -0.05) is 50.2 Å². The molecule has 1 amide bonds. The van der Waals surface area contributed by atoms with Crippen LogP contribution in [0.1, 0.15) is 41.0 Å². The number of aryl methyl sites for hydroxylation is 1. The Morgan fingerprint density at radius 2 is 1.76 bits per heavy atom. The van der Waals surface area contributed by atoms with E-state index in [-0.39, 0.29) is 12.2 Å². The van der Waals surface area contributed by atoms with Crippen molar-refractivity contribution in [2.24, 2.45) is 0 Å². The van der Waals surface area contributed by atoms with Gasteiger partial charge in [-0.15, -0.1) is 0 Å². The summed E-state index contributed by atoms with van der Waals surface area (Å²) >= 11 is 0. The summed E-state index contributed by atoms with van der Waals surface area (Å²) in [7, 11) is 0. The number of para-hydroxylation sites is 2. The number of halogens is 3. The summed E-state index contributed by atoms with van der Waals surface area (Å²) in [6, 6.07) is 13.7. The van der Waals surface area contributed by atoms with Gasteiger partial charge in [-0.05, 0) is 37.7 Å². The number of carbonyl (C=O) groups excluding carboxylic acids is 1. The lowest BCUT2D eigenvalue weighted by molar-refractivity contribution is -0.143. The first kappa shape index (κ1) is 25.3. The Hall–Kier alpha value is -3.33. The standard InChI is InChI=1S/C25H29F3N4O2/c1-4-31(5-2)14-15-34-22-13-9-7-11-19(22)16-29-24(33)20-17-30-32(23(20)25(26,27)28)21-12-8-6-10-18(21)3/h6-13,17H,4-5,14-16H2,1-3H3,(H,29,33). The van der Waals surface area contributed by atoms with Gasteiger partial charge in [0.15, 0.2) is 5.69 Å². The summed E-state index contributed by atoms with van der Waals surface area (Å²) in [5.74, 6) is -0.272. The zero-order valence-corrected chi connectivity index (χ0v) is 19.5. The van der Waals surface area contributed by atoms with Gasteiger partial charge in [-0.25, -0.2) is 4.68 Å². The molecule has 3 aromatic rings. The monoisotopic (exact) mass is 474 g/mol. The fourth-order valence-corrected chi connectivity index (χ4v) is 3.66. The van der Waals surface area contributed by atoms with Crippen LogP contribution in [0.15, 0.2) is 54.7 Å². The Morgan fingerprint density at radius 1 is 1.09 bits per heavy atom. The summed E-state index contributed by atoms with van der Waals surface area (Å²) in [5.41, 5.74) is -0.0892. The third-order valence-electron chi connectivity index (χ3n) is 5.60. The predicted octanol–water partition coefficient (Wildman–Crippen LogP) is 4.85. The molecule has 2 aromatic carbocycles.